The molecule has 0 bridgehead atoms. The summed E-state index contributed by atoms with van der Waals surface area (Å²) in [5.74, 6) is -0.538. The van der Waals surface area contributed by atoms with Gasteiger partial charge in [0.1, 0.15) is 17.3 Å². The lowest BCUT2D eigenvalue weighted by molar-refractivity contribution is -0.115. The highest BCUT2D eigenvalue weighted by Gasteiger charge is 2.22. The fraction of sp³-hybridized carbons (Fsp3) is 0.0667. The SMILES string of the molecule is O=C1NC(=S)N/C1=C/c1cnc(-c2ccc3c(c2)COC3=O)s1. The van der Waals surface area contributed by atoms with E-state index in [0.717, 1.165) is 21.0 Å². The molecule has 0 radical (unpaired) electrons. The number of ether oxygens (including phenoxy) is 1. The quantitative estimate of drug-likeness (QED) is 0.492. The Kier molecular flexibility index (Phi) is 3.21. The van der Waals surface area contributed by atoms with Crippen LogP contribution in [0.25, 0.3) is 16.6 Å². The number of nitrogens with zero attached hydrogens (tertiary/aromatic N) is 1. The summed E-state index contributed by atoms with van der Waals surface area (Å²) < 4.78 is 5.00. The Balaban J connectivity index is 1.64. The van der Waals surface area contributed by atoms with Crippen LogP contribution in [-0.2, 0) is 16.1 Å². The minimum absolute atomic E-state index is 0.252. The second-order valence-corrected chi connectivity index (χ2v) is 6.45. The first-order chi connectivity index (χ1) is 11.1. The Labute approximate surface area is 140 Å². The van der Waals surface area contributed by atoms with Crippen molar-refractivity contribution >= 4 is 46.6 Å². The number of hydrogen-bond donors (Lipinski definition) is 2. The normalized spacial score (nSPS) is 17.9. The van der Waals surface area contributed by atoms with Gasteiger partial charge in [0.05, 0.1) is 5.56 Å². The zero-order valence-corrected chi connectivity index (χ0v) is 13.2. The van der Waals surface area contributed by atoms with E-state index in [1.54, 1.807) is 18.3 Å². The molecule has 2 aliphatic heterocycles. The Hall–Kier alpha value is -2.58. The molecule has 3 heterocycles. The number of carbonyl (C=O) groups excluding carboxylic acids is 2. The number of nitrogens with one attached hydrogen (secondary N) is 2. The predicted octanol–water partition coefficient (Wildman–Crippen LogP) is 1.83. The van der Waals surface area contributed by atoms with E-state index in [-0.39, 0.29) is 11.9 Å². The zero-order chi connectivity index (χ0) is 16.0. The molecule has 1 aromatic heterocycles. The maximum absolute atomic E-state index is 11.6. The van der Waals surface area contributed by atoms with Crippen molar-refractivity contribution in [3.63, 3.8) is 0 Å². The van der Waals surface area contributed by atoms with Crippen LogP contribution < -0.4 is 10.6 Å². The van der Waals surface area contributed by atoms with E-state index in [1.165, 1.54) is 11.3 Å². The van der Waals surface area contributed by atoms with Crippen LogP contribution in [0.4, 0.5) is 0 Å². The van der Waals surface area contributed by atoms with Crippen LogP contribution in [-0.4, -0.2) is 22.0 Å². The van der Waals surface area contributed by atoms with Gasteiger partial charge in [0.2, 0.25) is 0 Å². The molecule has 4 rings (SSSR count). The molecule has 6 nitrogen and oxygen atoms in total. The first kappa shape index (κ1) is 14.0. The van der Waals surface area contributed by atoms with E-state index in [1.807, 2.05) is 12.1 Å². The summed E-state index contributed by atoms with van der Waals surface area (Å²) >= 11 is 6.34. The molecular weight excluding hydrogens is 334 g/mol. The van der Waals surface area contributed by atoms with Crippen LogP contribution in [0.2, 0.25) is 0 Å². The number of thiazole rings is 1. The number of benzene rings is 1. The van der Waals surface area contributed by atoms with Gasteiger partial charge in [0.25, 0.3) is 5.91 Å². The number of cyclic esters (lactones) is 1. The smallest absolute Gasteiger partial charge is 0.338 e. The number of rotatable bonds is 2. The lowest BCUT2D eigenvalue weighted by Crippen LogP contribution is -2.21. The molecule has 23 heavy (non-hydrogen) atoms. The van der Waals surface area contributed by atoms with E-state index < -0.39 is 0 Å². The average molecular weight is 343 g/mol. The molecule has 1 fully saturated rings. The number of thiocarbonyl (C=S) groups is 1. The van der Waals surface area contributed by atoms with Gasteiger partial charge in [-0.3, -0.25) is 10.1 Å². The molecule has 8 heteroatoms. The molecule has 114 valence electrons. The third-order valence-corrected chi connectivity index (χ3v) is 4.66. The van der Waals surface area contributed by atoms with Gasteiger partial charge in [0.15, 0.2) is 5.11 Å². The average Bonchev–Trinajstić information content (AvgIpc) is 3.21. The van der Waals surface area contributed by atoms with Crippen molar-refractivity contribution in [1.29, 1.82) is 0 Å². The number of fused-ring (bicyclic) bond motifs is 1. The van der Waals surface area contributed by atoms with Gasteiger partial charge in [-0.15, -0.1) is 11.3 Å². The van der Waals surface area contributed by atoms with Crippen LogP contribution >= 0.6 is 23.6 Å². The van der Waals surface area contributed by atoms with Crippen LogP contribution in [0.1, 0.15) is 20.8 Å². The molecule has 0 unspecified atom stereocenters. The van der Waals surface area contributed by atoms with Crippen LogP contribution in [0.5, 0.6) is 0 Å². The monoisotopic (exact) mass is 343 g/mol. The topological polar surface area (TPSA) is 80.3 Å². The lowest BCUT2D eigenvalue weighted by Gasteiger charge is -1.98. The van der Waals surface area contributed by atoms with Gasteiger partial charge in [-0.25, -0.2) is 9.78 Å². The van der Waals surface area contributed by atoms with Crippen molar-refractivity contribution in [2.24, 2.45) is 0 Å². The third kappa shape index (κ3) is 2.51. The molecule has 2 aromatic rings. The lowest BCUT2D eigenvalue weighted by atomic mass is 10.1. The maximum Gasteiger partial charge on any atom is 0.338 e. The molecule has 1 amide bonds. The molecule has 1 aromatic carbocycles. The Morgan fingerprint density at radius 2 is 2.17 bits per heavy atom. The van der Waals surface area contributed by atoms with Gasteiger partial charge in [-0.1, -0.05) is 6.07 Å². The van der Waals surface area contributed by atoms with Crippen LogP contribution in [0.3, 0.4) is 0 Å². The summed E-state index contributed by atoms with van der Waals surface area (Å²) in [7, 11) is 0. The number of hydrogen-bond acceptors (Lipinski definition) is 6. The molecule has 0 saturated carbocycles. The molecule has 2 N–H and O–H groups in total. The van der Waals surface area contributed by atoms with Crippen LogP contribution in [0, 0.1) is 0 Å². The Morgan fingerprint density at radius 1 is 1.30 bits per heavy atom. The van der Waals surface area contributed by atoms with E-state index >= 15 is 0 Å². The van der Waals surface area contributed by atoms with Crippen molar-refractivity contribution < 1.29 is 14.3 Å². The summed E-state index contributed by atoms with van der Waals surface area (Å²) in [5, 5.41) is 6.41. The molecule has 0 spiro atoms. The summed E-state index contributed by atoms with van der Waals surface area (Å²) in [5.41, 5.74) is 2.78. The third-order valence-electron chi connectivity index (χ3n) is 3.46. The van der Waals surface area contributed by atoms with Gasteiger partial charge in [0, 0.05) is 22.2 Å². The minimum Gasteiger partial charge on any atom is -0.457 e. The standard InChI is InChI=1S/C15H9N3O3S2/c19-12-11(17-15(22)18-12)4-9-5-16-13(23-9)7-1-2-10-8(3-7)6-21-14(10)20/h1-5H,6H2,(H2,17,18,19,22)/b11-4+. The molecular formula is C15H9N3O3S2. The first-order valence-corrected chi connectivity index (χ1v) is 7.93. The van der Waals surface area contributed by atoms with Crippen LogP contribution in [0.15, 0.2) is 30.1 Å². The van der Waals surface area contributed by atoms with E-state index in [9.17, 15) is 9.59 Å². The highest BCUT2D eigenvalue weighted by Crippen LogP contribution is 2.30. The van der Waals surface area contributed by atoms with Crippen molar-refractivity contribution in [3.05, 3.63) is 46.1 Å². The molecule has 0 aliphatic carbocycles. The number of amides is 1. The molecule has 0 atom stereocenters. The maximum atomic E-state index is 11.6. The summed E-state index contributed by atoms with van der Waals surface area (Å²) in [6.07, 6.45) is 3.40. The van der Waals surface area contributed by atoms with Gasteiger partial charge in [-0.05, 0) is 30.4 Å². The van der Waals surface area contributed by atoms with Crippen molar-refractivity contribution in [2.45, 2.75) is 6.61 Å². The zero-order valence-electron chi connectivity index (χ0n) is 11.6. The summed E-state index contributed by atoms with van der Waals surface area (Å²) in [6.45, 7) is 0.297. The fourth-order valence-electron chi connectivity index (χ4n) is 2.38. The van der Waals surface area contributed by atoms with Gasteiger partial charge in [-0.2, -0.15) is 0 Å². The largest absolute Gasteiger partial charge is 0.457 e. The summed E-state index contributed by atoms with van der Waals surface area (Å²) in [6, 6.07) is 5.51. The highest BCUT2D eigenvalue weighted by atomic mass is 32.1. The van der Waals surface area contributed by atoms with Crippen molar-refractivity contribution in [2.75, 3.05) is 0 Å². The van der Waals surface area contributed by atoms with Crippen molar-refractivity contribution in [3.8, 4) is 10.6 Å². The van der Waals surface area contributed by atoms with E-state index in [2.05, 4.69) is 15.6 Å². The van der Waals surface area contributed by atoms with Crippen molar-refractivity contribution in [1.82, 2.24) is 15.6 Å². The molecule has 1 saturated heterocycles. The number of aromatic nitrogens is 1. The van der Waals surface area contributed by atoms with E-state index in [4.69, 9.17) is 17.0 Å². The summed E-state index contributed by atoms with van der Waals surface area (Å²) in [4.78, 5) is 28.3. The highest BCUT2D eigenvalue weighted by molar-refractivity contribution is 7.80. The van der Waals surface area contributed by atoms with Gasteiger partial charge < -0.3 is 10.1 Å². The fourth-order valence-corrected chi connectivity index (χ4v) is 3.44. The number of esters is 1. The minimum atomic E-state index is -0.287. The first-order valence-electron chi connectivity index (χ1n) is 6.70. The van der Waals surface area contributed by atoms with Gasteiger partial charge >= 0.3 is 5.97 Å². The Bertz CT molecular complexity index is 901. The second-order valence-electron chi connectivity index (χ2n) is 4.98. The second kappa shape index (κ2) is 5.25. The number of carbonyl (C=O) groups is 2. The Morgan fingerprint density at radius 3 is 2.96 bits per heavy atom. The van der Waals surface area contributed by atoms with E-state index in [0.29, 0.717) is 23.0 Å². The predicted molar refractivity (Wildman–Crippen MR) is 88.5 cm³/mol. The molecule has 2 aliphatic rings.